The number of esters is 3. The van der Waals surface area contributed by atoms with Gasteiger partial charge in [0, 0.05) is 6.42 Å². The molecule has 1 aliphatic heterocycles. The van der Waals surface area contributed by atoms with Crippen LogP contribution in [0.5, 0.6) is 5.75 Å². The van der Waals surface area contributed by atoms with Crippen LogP contribution in [0.1, 0.15) is 63.2 Å². The van der Waals surface area contributed by atoms with Gasteiger partial charge in [0.1, 0.15) is 12.2 Å². The lowest BCUT2D eigenvalue weighted by atomic mass is 9.92. The quantitative estimate of drug-likeness (QED) is 0.233. The molecule has 1 aromatic rings. The van der Waals surface area contributed by atoms with Gasteiger partial charge in [-0.2, -0.15) is 0 Å². The maximum Gasteiger partial charge on any atom is 0.332 e. The van der Waals surface area contributed by atoms with E-state index in [1.165, 1.54) is 39.2 Å². The third-order valence-electron chi connectivity index (χ3n) is 6.10. The number of unbranched alkanes of at least 4 members (excludes halogenated alkanes) is 1. The number of para-hydroxylation sites is 1. The molecule has 2 N–H and O–H groups in total. The number of ether oxygens (including phenoxy) is 4. The van der Waals surface area contributed by atoms with Crippen LogP contribution in [0.3, 0.4) is 0 Å². The molecular formula is C26H35FN2O9. The van der Waals surface area contributed by atoms with Crippen LogP contribution >= 0.6 is 0 Å². The number of alkyl halides is 1. The van der Waals surface area contributed by atoms with E-state index in [2.05, 4.69) is 10.6 Å². The number of methoxy groups -OCH3 is 1. The molecule has 11 nitrogen and oxygen atoms in total. The molecule has 5 atom stereocenters. The van der Waals surface area contributed by atoms with Crippen LogP contribution in [0.25, 0.3) is 0 Å². The highest BCUT2D eigenvalue weighted by Gasteiger charge is 2.43. The summed E-state index contributed by atoms with van der Waals surface area (Å²) in [4.78, 5) is 62.7. The second kappa shape index (κ2) is 14.9. The lowest BCUT2D eigenvalue weighted by Crippen LogP contribution is -2.50. The Morgan fingerprint density at radius 1 is 1.11 bits per heavy atom. The maximum atomic E-state index is 13.2. The largest absolute Gasteiger partial charge is 0.494 e. The summed E-state index contributed by atoms with van der Waals surface area (Å²) in [5, 5.41) is 4.95. The number of benzene rings is 1. The highest BCUT2D eigenvalue weighted by atomic mass is 19.1. The molecule has 0 aliphatic carbocycles. The van der Waals surface area contributed by atoms with E-state index in [-0.39, 0.29) is 29.8 Å². The lowest BCUT2D eigenvalue weighted by Gasteiger charge is -2.29. The Morgan fingerprint density at radius 3 is 2.45 bits per heavy atom. The summed E-state index contributed by atoms with van der Waals surface area (Å²) in [5.41, 5.74) is 0.246. The minimum absolute atomic E-state index is 0.0130. The Labute approximate surface area is 220 Å². The number of halogens is 1. The number of cyclic esters (lactones) is 2. The second-order valence-corrected chi connectivity index (χ2v) is 8.88. The first-order chi connectivity index (χ1) is 18.2. The smallest absolute Gasteiger partial charge is 0.332 e. The normalized spacial score (nSPS) is 23.6. The summed E-state index contributed by atoms with van der Waals surface area (Å²) in [6.07, 6.45) is -1.52. The highest BCUT2D eigenvalue weighted by molar-refractivity contribution is 6.01. The lowest BCUT2D eigenvalue weighted by molar-refractivity contribution is -0.175. The van der Waals surface area contributed by atoms with Crippen molar-refractivity contribution >= 4 is 35.9 Å². The zero-order valence-electron chi connectivity index (χ0n) is 22.0. The molecule has 2 rings (SSSR count). The summed E-state index contributed by atoms with van der Waals surface area (Å²) < 4.78 is 34.4. The van der Waals surface area contributed by atoms with Crippen LogP contribution in [0.4, 0.5) is 10.1 Å². The zero-order chi connectivity index (χ0) is 28.2. The molecule has 0 bridgehead atoms. The molecule has 0 aromatic heterocycles. The van der Waals surface area contributed by atoms with E-state index >= 15 is 0 Å². The van der Waals surface area contributed by atoms with E-state index in [9.17, 15) is 28.4 Å². The third-order valence-corrected chi connectivity index (χ3v) is 6.10. The number of hydrogen-bond acceptors (Lipinski definition) is 9. The fourth-order valence-electron chi connectivity index (χ4n) is 4.13. The number of amides is 2. The number of hydrogen-bond donors (Lipinski definition) is 2. The molecule has 38 heavy (non-hydrogen) atoms. The van der Waals surface area contributed by atoms with Gasteiger partial charge in [-0.15, -0.1) is 0 Å². The molecule has 1 aromatic carbocycles. The van der Waals surface area contributed by atoms with Crippen molar-refractivity contribution in [2.75, 3.05) is 19.1 Å². The Hall–Kier alpha value is -3.70. The van der Waals surface area contributed by atoms with Gasteiger partial charge in [-0.3, -0.25) is 23.6 Å². The van der Waals surface area contributed by atoms with Gasteiger partial charge in [-0.05, 0) is 38.8 Å². The number of nitrogens with one attached hydrogen (secondary N) is 2. The minimum Gasteiger partial charge on any atom is -0.494 e. The highest BCUT2D eigenvalue weighted by Crippen LogP contribution is 2.29. The van der Waals surface area contributed by atoms with Gasteiger partial charge in [0.05, 0.1) is 31.0 Å². The third kappa shape index (κ3) is 7.90. The fraction of sp³-hybridized carbons (Fsp3) is 0.577. The predicted octanol–water partition coefficient (Wildman–Crippen LogP) is 2.71. The molecule has 2 amide bonds. The topological polar surface area (TPSA) is 146 Å². The van der Waals surface area contributed by atoms with Gasteiger partial charge in [0.15, 0.2) is 17.9 Å². The van der Waals surface area contributed by atoms with Crippen molar-refractivity contribution in [2.45, 2.75) is 77.2 Å². The van der Waals surface area contributed by atoms with Crippen LogP contribution in [-0.4, -0.2) is 68.4 Å². The molecular weight excluding hydrogens is 503 g/mol. The maximum absolute atomic E-state index is 13.2. The second-order valence-electron chi connectivity index (χ2n) is 8.88. The number of carbonyl (C=O) groups is 5. The first-order valence-corrected chi connectivity index (χ1v) is 12.5. The van der Waals surface area contributed by atoms with E-state index in [1.807, 2.05) is 6.92 Å². The molecule has 0 spiro atoms. The molecule has 210 valence electrons. The van der Waals surface area contributed by atoms with E-state index in [0.29, 0.717) is 19.3 Å². The number of carbonyl (C=O) groups excluding carboxylic acids is 5. The van der Waals surface area contributed by atoms with Crippen molar-refractivity contribution in [1.29, 1.82) is 0 Å². The van der Waals surface area contributed by atoms with Gasteiger partial charge >= 0.3 is 17.9 Å². The molecule has 1 fully saturated rings. The molecule has 5 unspecified atom stereocenters. The Balaban J connectivity index is 2.35. The van der Waals surface area contributed by atoms with Crippen LogP contribution in [-0.2, 0) is 33.4 Å². The minimum atomic E-state index is -1.41. The predicted molar refractivity (Wildman–Crippen MR) is 133 cm³/mol. The van der Waals surface area contributed by atoms with Gasteiger partial charge in [-0.25, -0.2) is 4.79 Å². The van der Waals surface area contributed by atoms with Crippen molar-refractivity contribution < 1.29 is 47.3 Å². The van der Waals surface area contributed by atoms with E-state index < -0.39 is 60.8 Å². The van der Waals surface area contributed by atoms with E-state index in [0.717, 1.165) is 6.42 Å². The first-order valence-electron chi connectivity index (χ1n) is 12.5. The zero-order valence-corrected chi connectivity index (χ0v) is 22.0. The van der Waals surface area contributed by atoms with Crippen molar-refractivity contribution in [3.8, 4) is 5.75 Å². The standard InChI is InChI=1S/C26H35FN2O9/c1-5-6-9-18-22(38-20(31)12-8-13-27)16(3)37-26(34)21(15(2)36-25(18)33)29-24(32)17-10-7-11-19(28-14-30)23(17)35-4/h7,10-11,14-16,18,21-22H,5-6,8-9,12-13H2,1-4H3,(H,28,30)(H,29,32). The summed E-state index contributed by atoms with van der Waals surface area (Å²) in [6, 6.07) is 3.05. The molecule has 0 radical (unpaired) electrons. The summed E-state index contributed by atoms with van der Waals surface area (Å²) in [5.74, 6) is -3.97. The van der Waals surface area contributed by atoms with Crippen molar-refractivity contribution in [3.05, 3.63) is 23.8 Å². The van der Waals surface area contributed by atoms with Crippen molar-refractivity contribution in [3.63, 3.8) is 0 Å². The SMILES string of the molecule is CCCCC1C(=O)OC(C)C(NC(=O)c2cccc(NC=O)c2OC)C(=O)OC(C)C1OC(=O)CCCF. The van der Waals surface area contributed by atoms with Crippen molar-refractivity contribution in [2.24, 2.45) is 5.92 Å². The molecule has 1 aliphatic rings. The molecule has 1 saturated heterocycles. The van der Waals surface area contributed by atoms with E-state index in [4.69, 9.17) is 18.9 Å². The average Bonchev–Trinajstić information content (AvgIpc) is 2.91. The van der Waals surface area contributed by atoms with Crippen LogP contribution in [0.15, 0.2) is 18.2 Å². The average molecular weight is 539 g/mol. The molecule has 1 heterocycles. The van der Waals surface area contributed by atoms with Crippen LogP contribution < -0.4 is 15.4 Å². The summed E-state index contributed by atoms with van der Waals surface area (Å²) in [6.45, 7) is 4.13. The Kier molecular flexibility index (Phi) is 12.0. The van der Waals surface area contributed by atoms with E-state index in [1.54, 1.807) is 0 Å². The van der Waals surface area contributed by atoms with Gasteiger partial charge in [-0.1, -0.05) is 25.8 Å². The molecule has 12 heteroatoms. The van der Waals surface area contributed by atoms with Crippen molar-refractivity contribution in [1.82, 2.24) is 5.32 Å². The summed E-state index contributed by atoms with van der Waals surface area (Å²) >= 11 is 0. The van der Waals surface area contributed by atoms with Gasteiger partial charge in [0.2, 0.25) is 6.41 Å². The first kappa shape index (κ1) is 30.5. The fourth-order valence-corrected chi connectivity index (χ4v) is 4.13. The number of anilines is 1. The van der Waals surface area contributed by atoms with Crippen LogP contribution in [0, 0.1) is 5.92 Å². The number of rotatable bonds is 12. The van der Waals surface area contributed by atoms with Gasteiger partial charge in [0.25, 0.3) is 5.91 Å². The Morgan fingerprint density at radius 2 is 1.82 bits per heavy atom. The van der Waals surface area contributed by atoms with Crippen LogP contribution in [0.2, 0.25) is 0 Å². The monoisotopic (exact) mass is 538 g/mol. The summed E-state index contributed by atoms with van der Waals surface area (Å²) in [7, 11) is 1.31. The molecule has 0 saturated carbocycles. The Bertz CT molecular complexity index is 1000. The van der Waals surface area contributed by atoms with Gasteiger partial charge < -0.3 is 29.6 Å².